The van der Waals surface area contributed by atoms with Crippen LogP contribution >= 0.6 is 0 Å². The number of hydrogen-bond acceptors (Lipinski definition) is 6. The van der Waals surface area contributed by atoms with Crippen LogP contribution < -0.4 is 5.32 Å². The van der Waals surface area contributed by atoms with Gasteiger partial charge in [-0.3, -0.25) is 24.4 Å². The predicted octanol–water partition coefficient (Wildman–Crippen LogP) is 1.28. The van der Waals surface area contributed by atoms with Gasteiger partial charge in [-0.1, -0.05) is 0 Å². The number of hydrazine groups is 1. The normalized spacial score (nSPS) is 21.1. The van der Waals surface area contributed by atoms with Crippen LogP contribution in [0.4, 0.5) is 5.69 Å². The van der Waals surface area contributed by atoms with E-state index in [0.29, 0.717) is 24.7 Å². The number of nitrogens with one attached hydrogen (secondary N) is 1. The number of anilines is 1. The van der Waals surface area contributed by atoms with Gasteiger partial charge in [-0.2, -0.15) is 5.01 Å². The molecule has 1 atom stereocenters. The molecule has 0 bridgehead atoms. The van der Waals surface area contributed by atoms with Gasteiger partial charge >= 0.3 is 5.97 Å². The Bertz CT molecular complexity index is 758. The number of rotatable bonds is 7. The van der Waals surface area contributed by atoms with Crippen LogP contribution in [0.3, 0.4) is 0 Å². The first-order valence-corrected chi connectivity index (χ1v) is 8.67. The third-order valence-corrected chi connectivity index (χ3v) is 4.59. The number of carbonyl (C=O) groups is 3. The Labute approximate surface area is 151 Å². The summed E-state index contributed by atoms with van der Waals surface area (Å²) in [6, 6.07) is 2.20. The highest BCUT2D eigenvalue weighted by Crippen LogP contribution is 2.34. The van der Waals surface area contributed by atoms with Gasteiger partial charge in [0.25, 0.3) is 5.91 Å². The topological polar surface area (TPSA) is 103 Å². The number of carbonyl (C=O) groups excluding carboxylic acids is 2. The van der Waals surface area contributed by atoms with Crippen molar-refractivity contribution in [2.24, 2.45) is 5.92 Å². The number of hydrogen-bond donors (Lipinski definition) is 2. The van der Waals surface area contributed by atoms with Crippen LogP contribution in [0.2, 0.25) is 0 Å². The fourth-order valence-corrected chi connectivity index (χ4v) is 3.20. The summed E-state index contributed by atoms with van der Waals surface area (Å²) in [4.78, 5) is 41.4. The van der Waals surface area contributed by atoms with E-state index in [0.717, 1.165) is 12.8 Å². The number of pyridine rings is 1. The van der Waals surface area contributed by atoms with Gasteiger partial charge in [0.2, 0.25) is 0 Å². The maximum Gasteiger partial charge on any atom is 0.327 e. The molecule has 1 saturated carbocycles. The molecule has 1 aromatic rings. The molecule has 1 aliphatic carbocycles. The molecule has 3 rings (SSSR count). The van der Waals surface area contributed by atoms with E-state index in [4.69, 9.17) is 0 Å². The van der Waals surface area contributed by atoms with Crippen molar-refractivity contribution in [1.29, 1.82) is 0 Å². The third-order valence-electron chi connectivity index (χ3n) is 4.59. The number of Topliss-reactive ketones (excluding diaryl/α,β-unsaturated/α-hetero) is 1. The fourth-order valence-electron chi connectivity index (χ4n) is 3.20. The Morgan fingerprint density at radius 3 is 2.62 bits per heavy atom. The van der Waals surface area contributed by atoms with Crippen LogP contribution in [0.15, 0.2) is 35.8 Å². The largest absolute Gasteiger partial charge is 0.480 e. The minimum Gasteiger partial charge on any atom is -0.480 e. The average molecular weight is 358 g/mol. The third kappa shape index (κ3) is 3.45. The maximum absolute atomic E-state index is 13.1. The lowest BCUT2D eigenvalue weighted by atomic mass is 9.96. The zero-order chi connectivity index (χ0) is 18.8. The summed E-state index contributed by atoms with van der Waals surface area (Å²) in [6.45, 7) is 3.85. The molecule has 2 N–H and O–H groups in total. The monoisotopic (exact) mass is 358 g/mol. The number of aliphatic carboxylic acids is 1. The fraction of sp³-hybridized carbons (Fsp3) is 0.444. The summed E-state index contributed by atoms with van der Waals surface area (Å²) >= 11 is 0. The standard InChI is InChI=1S/C18H22N4O4/c1-3-21-17(24)15(20-13-5-4-8-19-9-13)14(11(2)23)16(18(25)26)22(21)10-12-6-7-12/h4-5,8-9,12,16,20H,3,6-7,10H2,1-2H3,(H,25,26). The lowest BCUT2D eigenvalue weighted by Crippen LogP contribution is -2.61. The lowest BCUT2D eigenvalue weighted by molar-refractivity contribution is -0.163. The van der Waals surface area contributed by atoms with Gasteiger partial charge in [-0.25, -0.2) is 0 Å². The molecule has 2 aliphatic rings. The van der Waals surface area contributed by atoms with E-state index >= 15 is 0 Å². The molecule has 0 saturated heterocycles. The van der Waals surface area contributed by atoms with Crippen molar-refractivity contribution >= 4 is 23.3 Å². The second kappa shape index (κ2) is 7.25. The molecule has 8 heteroatoms. The number of aromatic nitrogens is 1. The molecule has 0 aromatic carbocycles. The van der Waals surface area contributed by atoms with Crippen molar-refractivity contribution in [2.75, 3.05) is 18.4 Å². The number of carboxylic acids is 1. The van der Waals surface area contributed by atoms with Crippen molar-refractivity contribution < 1.29 is 19.5 Å². The van der Waals surface area contributed by atoms with Crippen LogP contribution in [-0.2, 0) is 14.4 Å². The number of nitrogens with zero attached hydrogens (tertiary/aromatic N) is 3. The van der Waals surface area contributed by atoms with Crippen LogP contribution in [0.1, 0.15) is 26.7 Å². The first-order valence-electron chi connectivity index (χ1n) is 8.67. The van der Waals surface area contributed by atoms with Crippen molar-refractivity contribution in [3.8, 4) is 0 Å². The average Bonchev–Trinajstić information content (AvgIpc) is 3.41. The molecule has 0 spiro atoms. The Morgan fingerprint density at radius 2 is 2.12 bits per heavy atom. The van der Waals surface area contributed by atoms with E-state index in [2.05, 4.69) is 10.3 Å². The zero-order valence-electron chi connectivity index (χ0n) is 14.8. The molecule has 8 nitrogen and oxygen atoms in total. The second-order valence-corrected chi connectivity index (χ2v) is 6.54. The van der Waals surface area contributed by atoms with Gasteiger partial charge in [0.1, 0.15) is 5.70 Å². The van der Waals surface area contributed by atoms with Crippen molar-refractivity contribution in [1.82, 2.24) is 15.0 Å². The summed E-state index contributed by atoms with van der Waals surface area (Å²) in [5, 5.41) is 15.7. The Hall–Kier alpha value is -2.74. The number of carboxylic acid groups (broad SMARTS) is 1. The Kier molecular flexibility index (Phi) is 5.03. The molecule has 1 fully saturated rings. The summed E-state index contributed by atoms with van der Waals surface area (Å²) < 4.78 is 0. The highest BCUT2D eigenvalue weighted by Gasteiger charge is 2.46. The highest BCUT2D eigenvalue weighted by molar-refractivity contribution is 6.11. The first kappa shape index (κ1) is 18.1. The smallest absolute Gasteiger partial charge is 0.327 e. The number of likely N-dealkylation sites (N-methyl/N-ethyl adjacent to an activating group) is 1. The Balaban J connectivity index is 2.09. The molecule has 1 aliphatic heterocycles. The lowest BCUT2D eigenvalue weighted by Gasteiger charge is -2.43. The van der Waals surface area contributed by atoms with E-state index in [1.807, 2.05) is 0 Å². The quantitative estimate of drug-likeness (QED) is 0.757. The zero-order valence-corrected chi connectivity index (χ0v) is 14.8. The number of amides is 1. The molecule has 26 heavy (non-hydrogen) atoms. The van der Waals surface area contributed by atoms with Gasteiger partial charge in [-0.05, 0) is 44.7 Å². The van der Waals surface area contributed by atoms with Crippen molar-refractivity contribution in [3.05, 3.63) is 35.8 Å². The van der Waals surface area contributed by atoms with Crippen molar-refractivity contribution in [2.45, 2.75) is 32.7 Å². The van der Waals surface area contributed by atoms with Crippen LogP contribution in [0.5, 0.6) is 0 Å². The first-order chi connectivity index (χ1) is 12.4. The molecule has 1 aromatic heterocycles. The molecular weight excluding hydrogens is 336 g/mol. The molecular formula is C18H22N4O4. The molecule has 1 unspecified atom stereocenters. The van der Waals surface area contributed by atoms with E-state index in [9.17, 15) is 19.5 Å². The Morgan fingerprint density at radius 1 is 1.38 bits per heavy atom. The van der Waals surface area contributed by atoms with Gasteiger partial charge in [-0.15, -0.1) is 0 Å². The molecule has 0 radical (unpaired) electrons. The highest BCUT2D eigenvalue weighted by atomic mass is 16.4. The minimum absolute atomic E-state index is 0.00629. The van der Waals surface area contributed by atoms with E-state index in [-0.39, 0.29) is 11.3 Å². The van der Waals surface area contributed by atoms with Crippen LogP contribution in [0.25, 0.3) is 0 Å². The number of ketones is 1. The minimum atomic E-state index is -1.19. The van der Waals surface area contributed by atoms with E-state index < -0.39 is 23.7 Å². The molecule has 138 valence electrons. The second-order valence-electron chi connectivity index (χ2n) is 6.54. The predicted molar refractivity (Wildman–Crippen MR) is 93.8 cm³/mol. The SMILES string of the molecule is CCN1C(=O)C(Nc2cccnc2)=C(C(C)=O)C(C(=O)O)N1CC1CC1. The van der Waals surface area contributed by atoms with Gasteiger partial charge in [0, 0.05) is 19.3 Å². The summed E-state index contributed by atoms with van der Waals surface area (Å²) in [7, 11) is 0. The summed E-state index contributed by atoms with van der Waals surface area (Å²) in [6.07, 6.45) is 5.12. The van der Waals surface area contributed by atoms with Crippen molar-refractivity contribution in [3.63, 3.8) is 0 Å². The van der Waals surface area contributed by atoms with E-state index in [1.54, 1.807) is 25.3 Å². The van der Waals surface area contributed by atoms with Crippen LogP contribution in [0, 0.1) is 5.92 Å². The van der Waals surface area contributed by atoms with Gasteiger partial charge in [0.05, 0.1) is 17.5 Å². The molecule has 2 heterocycles. The van der Waals surface area contributed by atoms with Crippen LogP contribution in [-0.4, -0.2) is 56.9 Å². The maximum atomic E-state index is 13.1. The van der Waals surface area contributed by atoms with E-state index in [1.165, 1.54) is 23.1 Å². The summed E-state index contributed by atoms with van der Waals surface area (Å²) in [5.41, 5.74) is 0.508. The summed E-state index contributed by atoms with van der Waals surface area (Å²) in [5.74, 6) is -1.62. The van der Waals surface area contributed by atoms with Gasteiger partial charge in [0.15, 0.2) is 11.8 Å². The molecule has 1 amide bonds. The van der Waals surface area contributed by atoms with Gasteiger partial charge < -0.3 is 10.4 Å².